The average molecular weight is 515 g/mol. The molecule has 4 aliphatic rings. The highest BCUT2D eigenvalue weighted by molar-refractivity contribution is 6.05. The maximum Gasteiger partial charge on any atom is 0.160 e. The van der Waals surface area contributed by atoms with E-state index in [0.717, 1.165) is 6.29 Å². The number of fused-ring (bicyclic) bond motifs is 4. The van der Waals surface area contributed by atoms with Crippen LogP contribution in [-0.2, 0) is 19.2 Å². The van der Waals surface area contributed by atoms with Gasteiger partial charge in [-0.15, -0.1) is 0 Å². The molecule has 0 aromatic carbocycles. The van der Waals surface area contributed by atoms with Crippen LogP contribution in [-0.4, -0.2) is 46.1 Å². The molecule has 6 nitrogen and oxygen atoms in total. The van der Waals surface area contributed by atoms with E-state index >= 15 is 0 Å². The Morgan fingerprint density at radius 2 is 1.73 bits per heavy atom. The zero-order valence-electron chi connectivity index (χ0n) is 23.7. The van der Waals surface area contributed by atoms with Crippen LogP contribution in [0.2, 0.25) is 0 Å². The van der Waals surface area contributed by atoms with E-state index in [2.05, 4.69) is 6.92 Å². The molecule has 0 bridgehead atoms. The quantitative estimate of drug-likeness (QED) is 0.479. The summed E-state index contributed by atoms with van der Waals surface area (Å²) in [5.74, 6) is -0.131. The SMILES string of the molecule is CC(CC=O)CC(=O)CC(C)C1CC(=O)C2(C)C3=C(C(=O)CC12C)C1(C)CCC(O)C(C)(C)C1CC3O. The second-order valence-corrected chi connectivity index (χ2v) is 14.2. The van der Waals surface area contributed by atoms with Crippen LogP contribution >= 0.6 is 0 Å². The van der Waals surface area contributed by atoms with E-state index in [4.69, 9.17) is 0 Å². The van der Waals surface area contributed by atoms with Gasteiger partial charge in [-0.05, 0) is 71.7 Å². The Bertz CT molecular complexity index is 1040. The lowest BCUT2D eigenvalue weighted by Crippen LogP contribution is -2.60. The first-order valence-corrected chi connectivity index (χ1v) is 14.2. The molecule has 2 N–H and O–H groups in total. The van der Waals surface area contributed by atoms with E-state index in [1.165, 1.54) is 0 Å². The third-order valence-electron chi connectivity index (χ3n) is 11.7. The number of hydrogen-bond acceptors (Lipinski definition) is 6. The Morgan fingerprint density at radius 1 is 1.08 bits per heavy atom. The third kappa shape index (κ3) is 3.95. The molecule has 0 saturated heterocycles. The molecule has 9 unspecified atom stereocenters. The summed E-state index contributed by atoms with van der Waals surface area (Å²) >= 11 is 0. The van der Waals surface area contributed by atoms with Gasteiger partial charge in [0.2, 0.25) is 0 Å². The molecule has 2 fully saturated rings. The fraction of sp³-hybridized carbons (Fsp3) is 0.806. The van der Waals surface area contributed by atoms with Crippen molar-refractivity contribution in [1.29, 1.82) is 0 Å². The van der Waals surface area contributed by atoms with Crippen molar-refractivity contribution in [3.8, 4) is 0 Å². The summed E-state index contributed by atoms with van der Waals surface area (Å²) in [6.07, 6.45) is 2.67. The second-order valence-electron chi connectivity index (χ2n) is 14.2. The number of carbonyl (C=O) groups excluding carboxylic acids is 4. The summed E-state index contributed by atoms with van der Waals surface area (Å²) in [6, 6.07) is 0. The monoisotopic (exact) mass is 514 g/mol. The van der Waals surface area contributed by atoms with Gasteiger partial charge in [-0.3, -0.25) is 14.4 Å². The van der Waals surface area contributed by atoms with E-state index in [9.17, 15) is 29.4 Å². The van der Waals surface area contributed by atoms with Crippen LogP contribution in [0.3, 0.4) is 0 Å². The predicted molar refractivity (Wildman–Crippen MR) is 140 cm³/mol. The standard InChI is InChI=1S/C31H46O6/c1-17(9-11-32)12-19(33)13-18(2)20-14-25(37)31(7)27-21(34)15-23-28(3,4)24(36)8-10-29(23,5)26(27)22(35)16-30(20,31)6/h11,17-18,20-21,23-24,34,36H,8-10,12-16H2,1-7H3. The first-order valence-electron chi connectivity index (χ1n) is 14.2. The van der Waals surface area contributed by atoms with Crippen molar-refractivity contribution in [3.63, 3.8) is 0 Å². The van der Waals surface area contributed by atoms with Crippen molar-refractivity contribution in [3.05, 3.63) is 11.1 Å². The largest absolute Gasteiger partial charge is 0.393 e. The van der Waals surface area contributed by atoms with Gasteiger partial charge in [0.25, 0.3) is 0 Å². The van der Waals surface area contributed by atoms with Gasteiger partial charge in [0, 0.05) is 37.7 Å². The highest BCUT2D eigenvalue weighted by Gasteiger charge is 2.70. The van der Waals surface area contributed by atoms with Crippen LogP contribution in [0.4, 0.5) is 0 Å². The van der Waals surface area contributed by atoms with Crippen molar-refractivity contribution < 1.29 is 29.4 Å². The number of carbonyl (C=O) groups is 4. The maximum absolute atomic E-state index is 14.1. The van der Waals surface area contributed by atoms with Crippen LogP contribution in [0, 0.1) is 45.3 Å². The fourth-order valence-electron chi connectivity index (χ4n) is 9.32. The molecule has 6 heteroatoms. The number of hydrogen-bond donors (Lipinski definition) is 2. The number of rotatable bonds is 7. The molecule has 37 heavy (non-hydrogen) atoms. The van der Waals surface area contributed by atoms with Crippen molar-refractivity contribution in [2.75, 3.05) is 0 Å². The molecular formula is C31H46O6. The summed E-state index contributed by atoms with van der Waals surface area (Å²) in [4.78, 5) is 51.6. The lowest BCUT2D eigenvalue weighted by Gasteiger charge is -2.61. The molecule has 9 atom stereocenters. The lowest BCUT2D eigenvalue weighted by atomic mass is 9.42. The number of ketones is 3. The summed E-state index contributed by atoms with van der Waals surface area (Å²) < 4.78 is 0. The van der Waals surface area contributed by atoms with Crippen LogP contribution in [0.25, 0.3) is 0 Å². The topological polar surface area (TPSA) is 109 Å². The Balaban J connectivity index is 1.73. The molecule has 0 aromatic heterocycles. The number of aldehydes is 1. The average Bonchev–Trinajstić information content (AvgIpc) is 2.99. The molecule has 0 aliphatic heterocycles. The summed E-state index contributed by atoms with van der Waals surface area (Å²) in [5.41, 5.74) is -1.31. The smallest absolute Gasteiger partial charge is 0.160 e. The predicted octanol–water partition coefficient (Wildman–Crippen LogP) is 4.64. The molecule has 4 rings (SSSR count). The van der Waals surface area contributed by atoms with Gasteiger partial charge in [-0.1, -0.05) is 41.5 Å². The van der Waals surface area contributed by atoms with Crippen molar-refractivity contribution in [2.24, 2.45) is 45.3 Å². The minimum atomic E-state index is -0.962. The van der Waals surface area contributed by atoms with Crippen LogP contribution < -0.4 is 0 Å². The van der Waals surface area contributed by atoms with Crippen LogP contribution in [0.1, 0.15) is 99.8 Å². The first kappa shape index (κ1) is 28.4. The second kappa shape index (κ2) is 9.22. The van der Waals surface area contributed by atoms with Gasteiger partial charge < -0.3 is 15.0 Å². The molecule has 0 aromatic rings. The van der Waals surface area contributed by atoms with Gasteiger partial charge in [0.05, 0.1) is 17.6 Å². The molecule has 2 saturated carbocycles. The van der Waals surface area contributed by atoms with E-state index in [0.29, 0.717) is 56.1 Å². The molecule has 0 radical (unpaired) electrons. The maximum atomic E-state index is 14.1. The van der Waals surface area contributed by atoms with Gasteiger partial charge in [-0.25, -0.2) is 0 Å². The Morgan fingerprint density at radius 3 is 2.35 bits per heavy atom. The number of allylic oxidation sites excluding steroid dienone is 1. The Labute approximate surface area is 221 Å². The fourth-order valence-corrected chi connectivity index (χ4v) is 9.32. The molecule has 0 heterocycles. The number of Topliss-reactive ketones (excluding diaryl/α,β-unsaturated/α-hetero) is 3. The zero-order valence-corrected chi connectivity index (χ0v) is 23.7. The van der Waals surface area contributed by atoms with E-state index in [1.54, 1.807) is 0 Å². The van der Waals surface area contributed by atoms with E-state index < -0.39 is 33.9 Å². The van der Waals surface area contributed by atoms with Crippen molar-refractivity contribution >= 4 is 23.6 Å². The molecule has 0 amide bonds. The van der Waals surface area contributed by atoms with E-state index in [-0.39, 0.29) is 47.4 Å². The Hall–Kier alpha value is -1.66. The van der Waals surface area contributed by atoms with Crippen molar-refractivity contribution in [1.82, 2.24) is 0 Å². The van der Waals surface area contributed by atoms with Gasteiger partial charge >= 0.3 is 0 Å². The molecule has 206 valence electrons. The van der Waals surface area contributed by atoms with E-state index in [1.807, 2.05) is 41.5 Å². The number of aliphatic hydroxyl groups excluding tert-OH is 2. The normalized spacial score (nSPS) is 42.5. The molecule has 0 spiro atoms. The summed E-state index contributed by atoms with van der Waals surface area (Å²) in [6.45, 7) is 14.0. The molecular weight excluding hydrogens is 468 g/mol. The lowest BCUT2D eigenvalue weighted by molar-refractivity contribution is -0.142. The third-order valence-corrected chi connectivity index (χ3v) is 11.7. The minimum absolute atomic E-state index is 0.00317. The Kier molecular flexibility index (Phi) is 7.07. The first-order chi connectivity index (χ1) is 17.1. The van der Waals surface area contributed by atoms with Gasteiger partial charge in [0.1, 0.15) is 17.9 Å². The highest BCUT2D eigenvalue weighted by Crippen LogP contribution is 2.70. The summed E-state index contributed by atoms with van der Waals surface area (Å²) in [5, 5.41) is 22.4. The highest BCUT2D eigenvalue weighted by atomic mass is 16.3. The van der Waals surface area contributed by atoms with Crippen LogP contribution in [0.15, 0.2) is 11.1 Å². The molecule has 4 aliphatic carbocycles. The number of aliphatic hydroxyl groups is 2. The minimum Gasteiger partial charge on any atom is -0.393 e. The zero-order chi connectivity index (χ0) is 27.7. The van der Waals surface area contributed by atoms with Gasteiger partial charge in [-0.2, -0.15) is 0 Å². The van der Waals surface area contributed by atoms with Crippen LogP contribution in [0.5, 0.6) is 0 Å². The summed E-state index contributed by atoms with van der Waals surface area (Å²) in [7, 11) is 0. The van der Waals surface area contributed by atoms with Gasteiger partial charge in [0.15, 0.2) is 5.78 Å². The van der Waals surface area contributed by atoms with Crippen molar-refractivity contribution in [2.45, 2.75) is 112 Å².